The second-order valence-electron chi connectivity index (χ2n) is 8.53. The third-order valence-electron chi connectivity index (χ3n) is 6.01. The van der Waals surface area contributed by atoms with E-state index in [2.05, 4.69) is 55.7 Å². The van der Waals surface area contributed by atoms with Crippen LogP contribution in [0.2, 0.25) is 0 Å². The van der Waals surface area contributed by atoms with E-state index in [1.807, 2.05) is 0 Å². The lowest BCUT2D eigenvalue weighted by atomic mass is 10.1. The summed E-state index contributed by atoms with van der Waals surface area (Å²) in [6, 6.07) is 8.58. The molecular formula is C23H30N2O2S2. The molecule has 0 spiro atoms. The average Bonchev–Trinajstić information content (AvgIpc) is 3.58. The van der Waals surface area contributed by atoms with Crippen LogP contribution in [0.4, 0.5) is 0 Å². The van der Waals surface area contributed by atoms with Gasteiger partial charge in [-0.05, 0) is 57.4 Å². The van der Waals surface area contributed by atoms with Crippen molar-refractivity contribution in [3.8, 4) is 0 Å². The minimum atomic E-state index is 0.0176. The minimum Gasteiger partial charge on any atom is -0.354 e. The second-order valence-corrected chi connectivity index (χ2v) is 11.2. The fourth-order valence-electron chi connectivity index (χ4n) is 4.14. The molecule has 4 nitrogen and oxygen atoms in total. The molecule has 29 heavy (non-hydrogen) atoms. The Morgan fingerprint density at radius 1 is 0.966 bits per heavy atom. The molecule has 2 amide bonds. The van der Waals surface area contributed by atoms with E-state index in [-0.39, 0.29) is 29.7 Å². The Bertz CT molecular complexity index is 887. The van der Waals surface area contributed by atoms with Crippen LogP contribution >= 0.6 is 22.7 Å². The summed E-state index contributed by atoms with van der Waals surface area (Å²) in [4.78, 5) is 30.5. The number of carbonyl (C=O) groups is 2. The molecule has 2 aliphatic carbocycles. The normalized spacial score (nSPS) is 26.0. The fraction of sp³-hybridized carbons (Fsp3) is 0.565. The smallest absolute Gasteiger partial charge is 0.224 e. The quantitative estimate of drug-likeness (QED) is 0.604. The summed E-state index contributed by atoms with van der Waals surface area (Å²) in [5.74, 6) is 1.24. The molecule has 2 aliphatic rings. The van der Waals surface area contributed by atoms with Crippen LogP contribution in [0.5, 0.6) is 0 Å². The molecule has 6 heteroatoms. The van der Waals surface area contributed by atoms with Gasteiger partial charge in [0.2, 0.25) is 11.8 Å². The third kappa shape index (κ3) is 4.92. The van der Waals surface area contributed by atoms with Crippen LogP contribution in [-0.2, 0) is 9.59 Å². The van der Waals surface area contributed by atoms with Gasteiger partial charge in [-0.3, -0.25) is 9.59 Å². The highest BCUT2D eigenvalue weighted by Crippen LogP contribution is 2.50. The Hall–Kier alpha value is -1.66. The molecule has 4 rings (SSSR count). The van der Waals surface area contributed by atoms with Crippen molar-refractivity contribution >= 4 is 34.5 Å². The highest BCUT2D eigenvalue weighted by molar-refractivity contribution is 7.12. The van der Waals surface area contributed by atoms with Gasteiger partial charge in [-0.25, -0.2) is 0 Å². The number of hydrogen-bond acceptors (Lipinski definition) is 4. The highest BCUT2D eigenvalue weighted by Gasteiger charge is 2.46. The van der Waals surface area contributed by atoms with Crippen molar-refractivity contribution < 1.29 is 9.59 Å². The predicted octanol–water partition coefficient (Wildman–Crippen LogP) is 4.73. The molecule has 0 aliphatic heterocycles. The summed E-state index contributed by atoms with van der Waals surface area (Å²) in [6.45, 7) is 6.86. The number of amides is 2. The van der Waals surface area contributed by atoms with Crippen LogP contribution < -0.4 is 10.6 Å². The molecule has 0 aromatic carbocycles. The van der Waals surface area contributed by atoms with Crippen LogP contribution in [0.25, 0.3) is 0 Å². The van der Waals surface area contributed by atoms with Crippen LogP contribution in [-0.4, -0.2) is 24.4 Å². The molecular weight excluding hydrogens is 400 g/mol. The predicted molar refractivity (Wildman–Crippen MR) is 120 cm³/mol. The molecule has 2 heterocycles. The first-order valence-corrected chi connectivity index (χ1v) is 12.3. The van der Waals surface area contributed by atoms with Crippen molar-refractivity contribution in [1.82, 2.24) is 10.6 Å². The van der Waals surface area contributed by atoms with Gasteiger partial charge in [0.1, 0.15) is 0 Å². The molecule has 5 atom stereocenters. The van der Waals surface area contributed by atoms with Crippen molar-refractivity contribution in [2.45, 2.75) is 64.3 Å². The molecule has 2 saturated carbocycles. The van der Waals surface area contributed by atoms with E-state index in [4.69, 9.17) is 0 Å². The highest BCUT2D eigenvalue weighted by atomic mass is 32.1. The van der Waals surface area contributed by atoms with Gasteiger partial charge >= 0.3 is 0 Å². The molecule has 2 aromatic heterocycles. The summed E-state index contributed by atoms with van der Waals surface area (Å²) in [6.07, 6.45) is 3.76. The fourth-order valence-corrected chi connectivity index (χ4v) is 6.25. The number of rotatable bonds is 9. The Balaban J connectivity index is 1.24. The summed E-state index contributed by atoms with van der Waals surface area (Å²) < 4.78 is 0. The Morgan fingerprint density at radius 3 is 2.00 bits per heavy atom. The number of aryl methyl sites for hydroxylation is 2. The Morgan fingerprint density at radius 2 is 1.52 bits per heavy atom. The van der Waals surface area contributed by atoms with Gasteiger partial charge in [0.05, 0.1) is 0 Å². The second kappa shape index (κ2) is 8.60. The van der Waals surface area contributed by atoms with Crippen molar-refractivity contribution in [3.05, 3.63) is 43.8 Å². The van der Waals surface area contributed by atoms with Crippen molar-refractivity contribution in [2.24, 2.45) is 11.8 Å². The van der Waals surface area contributed by atoms with Gasteiger partial charge in [-0.2, -0.15) is 0 Å². The molecule has 2 aromatic rings. The standard InChI is InChI=1S/C23H30N2O2S2/c1-4-5-15(25-23(27)19-11-17(19)21-9-7-14(3)29-21)12-24-22(26)18-10-16(18)20-8-6-13(2)28-20/h6-9,15-19H,4-5,10-12H2,1-3H3,(H,24,26)(H,25,27). The molecule has 2 N–H and O–H groups in total. The average molecular weight is 431 g/mol. The molecule has 0 bridgehead atoms. The van der Waals surface area contributed by atoms with E-state index < -0.39 is 0 Å². The lowest BCUT2D eigenvalue weighted by Gasteiger charge is -2.19. The van der Waals surface area contributed by atoms with Crippen LogP contribution in [0.15, 0.2) is 24.3 Å². The summed E-state index contributed by atoms with van der Waals surface area (Å²) in [7, 11) is 0. The van der Waals surface area contributed by atoms with Crippen molar-refractivity contribution in [1.29, 1.82) is 0 Å². The van der Waals surface area contributed by atoms with E-state index in [0.717, 1.165) is 25.7 Å². The molecule has 2 fully saturated rings. The molecule has 156 valence electrons. The maximum Gasteiger partial charge on any atom is 0.224 e. The first-order valence-electron chi connectivity index (χ1n) is 10.7. The van der Waals surface area contributed by atoms with Gasteiger partial charge in [0, 0.05) is 55.8 Å². The van der Waals surface area contributed by atoms with Crippen molar-refractivity contribution in [2.75, 3.05) is 6.54 Å². The lowest BCUT2D eigenvalue weighted by molar-refractivity contribution is -0.125. The summed E-state index contributed by atoms with van der Waals surface area (Å²) >= 11 is 3.59. The zero-order valence-electron chi connectivity index (χ0n) is 17.4. The molecule has 0 radical (unpaired) electrons. The van der Waals surface area contributed by atoms with Gasteiger partial charge in [0.15, 0.2) is 0 Å². The number of carbonyl (C=O) groups excluding carboxylic acids is 2. The first-order chi connectivity index (χ1) is 14.0. The third-order valence-corrected chi connectivity index (χ3v) is 8.28. The van der Waals surface area contributed by atoms with E-state index in [0.29, 0.717) is 18.4 Å². The van der Waals surface area contributed by atoms with Gasteiger partial charge < -0.3 is 10.6 Å². The molecule has 0 saturated heterocycles. The lowest BCUT2D eigenvalue weighted by Crippen LogP contribution is -2.44. The van der Waals surface area contributed by atoms with E-state index in [9.17, 15) is 9.59 Å². The van der Waals surface area contributed by atoms with E-state index in [1.165, 1.54) is 19.5 Å². The minimum absolute atomic E-state index is 0.0176. The van der Waals surface area contributed by atoms with Crippen molar-refractivity contribution in [3.63, 3.8) is 0 Å². The zero-order valence-corrected chi connectivity index (χ0v) is 19.0. The first kappa shape index (κ1) is 20.6. The van der Waals surface area contributed by atoms with Gasteiger partial charge in [-0.15, -0.1) is 22.7 Å². The Kier molecular flexibility index (Phi) is 6.11. The van der Waals surface area contributed by atoms with Crippen LogP contribution in [0.3, 0.4) is 0 Å². The molecule has 5 unspecified atom stereocenters. The van der Waals surface area contributed by atoms with E-state index >= 15 is 0 Å². The SMILES string of the molecule is CCCC(CNC(=O)C1CC1c1ccc(C)s1)NC(=O)C1CC1c1ccc(C)s1. The summed E-state index contributed by atoms with van der Waals surface area (Å²) in [5, 5.41) is 6.30. The van der Waals surface area contributed by atoms with Gasteiger partial charge in [0.25, 0.3) is 0 Å². The van der Waals surface area contributed by atoms with Crippen LogP contribution in [0, 0.1) is 25.7 Å². The van der Waals surface area contributed by atoms with Gasteiger partial charge in [-0.1, -0.05) is 13.3 Å². The topological polar surface area (TPSA) is 58.2 Å². The maximum absolute atomic E-state index is 12.7. The van der Waals surface area contributed by atoms with E-state index in [1.54, 1.807) is 22.7 Å². The zero-order chi connectivity index (χ0) is 20.5. The van der Waals surface area contributed by atoms with Crippen LogP contribution in [0.1, 0.15) is 64.0 Å². The number of hydrogen-bond donors (Lipinski definition) is 2. The number of thiophene rings is 2. The summed E-state index contributed by atoms with van der Waals surface area (Å²) in [5.41, 5.74) is 0. The largest absolute Gasteiger partial charge is 0.354 e. The Labute approximate surface area is 181 Å². The number of nitrogens with one attached hydrogen (secondary N) is 2. The monoisotopic (exact) mass is 430 g/mol. The maximum atomic E-state index is 12.7.